The van der Waals surface area contributed by atoms with E-state index in [1.165, 1.54) is 72.0 Å². The summed E-state index contributed by atoms with van der Waals surface area (Å²) in [6, 6.07) is 6.54. The van der Waals surface area contributed by atoms with Crippen molar-refractivity contribution in [2.75, 3.05) is 34.9 Å². The lowest BCUT2D eigenvalue weighted by Crippen LogP contribution is -3.00. The molecule has 0 saturated heterocycles. The normalized spacial score (nSPS) is 12.6. The molecule has 0 saturated carbocycles. The first-order valence-corrected chi connectivity index (χ1v) is 13.8. The minimum absolute atomic E-state index is 0. The Morgan fingerprint density at radius 3 is 1.89 bits per heavy atom. The fourth-order valence-corrected chi connectivity index (χ4v) is 5.35. The van der Waals surface area contributed by atoms with Gasteiger partial charge in [-0.25, -0.2) is 0 Å². The molecule has 2 aromatic carbocycles. The first kappa shape index (κ1) is 31.8. The SMILES string of the molecule is CCCCCCCCCCCC[N+](C)(C)Cc1cc(O)c2c(c1)C(=O)c1cc(OC)cc(OC)c1C2=O.[Br-]. The van der Waals surface area contributed by atoms with E-state index in [-0.39, 0.29) is 56.5 Å². The summed E-state index contributed by atoms with van der Waals surface area (Å²) in [5, 5.41) is 10.8. The van der Waals surface area contributed by atoms with Gasteiger partial charge in [0, 0.05) is 22.8 Å². The number of unbranched alkanes of at least 4 members (excludes halogenated alkanes) is 9. The second-order valence-electron chi connectivity index (χ2n) is 10.9. The molecule has 0 fully saturated rings. The van der Waals surface area contributed by atoms with Gasteiger partial charge in [0.25, 0.3) is 0 Å². The number of quaternary nitrogens is 1. The predicted molar refractivity (Wildman–Crippen MR) is 147 cm³/mol. The van der Waals surface area contributed by atoms with E-state index in [0.717, 1.165) is 23.0 Å². The molecule has 0 heterocycles. The molecule has 1 aliphatic carbocycles. The van der Waals surface area contributed by atoms with Gasteiger partial charge in [0.05, 0.1) is 46.0 Å². The quantitative estimate of drug-likeness (QED) is 0.216. The molecule has 1 aliphatic rings. The van der Waals surface area contributed by atoms with Crippen molar-refractivity contribution in [3.8, 4) is 17.2 Å². The van der Waals surface area contributed by atoms with Crippen LogP contribution >= 0.6 is 0 Å². The van der Waals surface area contributed by atoms with Gasteiger partial charge in [-0.3, -0.25) is 9.59 Å². The number of benzene rings is 2. The van der Waals surface area contributed by atoms with Crippen LogP contribution in [0.3, 0.4) is 0 Å². The van der Waals surface area contributed by atoms with Gasteiger partial charge < -0.3 is 36.0 Å². The largest absolute Gasteiger partial charge is 1.00 e. The number of aromatic hydroxyl groups is 1. The summed E-state index contributed by atoms with van der Waals surface area (Å²) in [5.74, 6) is -0.175. The number of carbonyl (C=O) groups is 2. The second-order valence-corrected chi connectivity index (χ2v) is 10.9. The molecular weight excluding hydrogens is 546 g/mol. The van der Waals surface area contributed by atoms with E-state index >= 15 is 0 Å². The number of phenolic OH excluding ortho intramolecular Hbond substituents is 1. The van der Waals surface area contributed by atoms with Crippen LogP contribution in [-0.4, -0.2) is 56.0 Å². The molecule has 3 rings (SSSR count). The molecule has 0 amide bonds. The fourth-order valence-electron chi connectivity index (χ4n) is 5.35. The minimum Gasteiger partial charge on any atom is -1.00 e. The van der Waals surface area contributed by atoms with Crippen molar-refractivity contribution in [3.63, 3.8) is 0 Å². The number of rotatable bonds is 15. The zero-order valence-electron chi connectivity index (χ0n) is 23.7. The van der Waals surface area contributed by atoms with E-state index in [0.29, 0.717) is 12.3 Å². The van der Waals surface area contributed by atoms with Crippen molar-refractivity contribution in [1.82, 2.24) is 0 Å². The number of ether oxygens (including phenoxy) is 2. The van der Waals surface area contributed by atoms with Crippen LogP contribution in [0.5, 0.6) is 17.2 Å². The summed E-state index contributed by atoms with van der Waals surface area (Å²) in [4.78, 5) is 26.8. The summed E-state index contributed by atoms with van der Waals surface area (Å²) in [7, 11) is 7.28. The number of hydrogen-bond donors (Lipinski definition) is 1. The second kappa shape index (κ2) is 14.7. The van der Waals surface area contributed by atoms with Crippen molar-refractivity contribution in [2.45, 2.75) is 77.7 Å². The van der Waals surface area contributed by atoms with E-state index in [4.69, 9.17) is 9.47 Å². The molecule has 0 radical (unpaired) electrons. The van der Waals surface area contributed by atoms with E-state index in [2.05, 4.69) is 21.0 Å². The Hall–Kier alpha value is -2.38. The number of hydrogen-bond acceptors (Lipinski definition) is 5. The van der Waals surface area contributed by atoms with Crippen molar-refractivity contribution in [2.24, 2.45) is 0 Å². The summed E-state index contributed by atoms with van der Waals surface area (Å²) < 4.78 is 11.4. The molecule has 0 aliphatic heterocycles. The minimum atomic E-state index is -0.410. The van der Waals surface area contributed by atoms with Crippen LogP contribution in [-0.2, 0) is 6.54 Å². The Balaban J connectivity index is 0.00000507. The van der Waals surface area contributed by atoms with Gasteiger partial charge in [-0.15, -0.1) is 0 Å². The summed E-state index contributed by atoms with van der Waals surface area (Å²) in [6.45, 7) is 3.93. The third kappa shape index (κ3) is 7.82. The first-order valence-electron chi connectivity index (χ1n) is 13.8. The molecule has 1 N–H and O–H groups in total. The molecule has 2 aromatic rings. The third-order valence-electron chi connectivity index (χ3n) is 7.38. The highest BCUT2D eigenvalue weighted by molar-refractivity contribution is 6.30. The number of halogens is 1. The van der Waals surface area contributed by atoms with Crippen molar-refractivity contribution in [1.29, 1.82) is 0 Å². The van der Waals surface area contributed by atoms with Crippen LogP contribution < -0.4 is 26.5 Å². The zero-order valence-corrected chi connectivity index (χ0v) is 25.3. The number of phenols is 1. The van der Waals surface area contributed by atoms with Gasteiger partial charge in [0.1, 0.15) is 23.8 Å². The average molecular weight is 591 g/mol. The molecule has 6 nitrogen and oxygen atoms in total. The lowest BCUT2D eigenvalue weighted by molar-refractivity contribution is -0.903. The molecule has 0 aromatic heterocycles. The first-order chi connectivity index (χ1) is 17.7. The van der Waals surface area contributed by atoms with Gasteiger partial charge >= 0.3 is 0 Å². The zero-order chi connectivity index (χ0) is 27.0. The van der Waals surface area contributed by atoms with E-state index in [1.807, 2.05) is 0 Å². The highest BCUT2D eigenvalue weighted by Crippen LogP contribution is 2.40. The molecule has 38 heavy (non-hydrogen) atoms. The maximum absolute atomic E-state index is 13.5. The molecule has 0 bridgehead atoms. The molecule has 0 spiro atoms. The van der Waals surface area contributed by atoms with E-state index < -0.39 is 5.78 Å². The van der Waals surface area contributed by atoms with E-state index in [1.54, 1.807) is 24.3 Å². The molecule has 210 valence electrons. The number of ketones is 2. The van der Waals surface area contributed by atoms with Crippen LogP contribution in [0.2, 0.25) is 0 Å². The third-order valence-corrected chi connectivity index (χ3v) is 7.38. The topological polar surface area (TPSA) is 72.8 Å². The fraction of sp³-hybridized carbons (Fsp3) is 0.548. The number of carbonyl (C=O) groups excluding carboxylic acids is 2. The van der Waals surface area contributed by atoms with Gasteiger partial charge in [0.15, 0.2) is 5.78 Å². The smallest absolute Gasteiger partial charge is 0.201 e. The number of fused-ring (bicyclic) bond motifs is 2. The Morgan fingerprint density at radius 1 is 0.737 bits per heavy atom. The van der Waals surface area contributed by atoms with Crippen LogP contribution in [0.25, 0.3) is 0 Å². The predicted octanol–water partition coefficient (Wildman–Crippen LogP) is 3.69. The molecule has 0 atom stereocenters. The Bertz CT molecular complexity index is 1110. The Kier molecular flexibility index (Phi) is 12.3. The summed E-state index contributed by atoms with van der Waals surface area (Å²) in [6.07, 6.45) is 13.0. The Labute approximate surface area is 238 Å². The highest BCUT2D eigenvalue weighted by Gasteiger charge is 2.36. The van der Waals surface area contributed by atoms with Crippen molar-refractivity contribution < 1.29 is 45.6 Å². The molecular formula is C31H44BrNO5. The molecule has 7 heteroatoms. The average Bonchev–Trinajstić information content (AvgIpc) is 2.86. The molecule has 0 unspecified atom stereocenters. The van der Waals surface area contributed by atoms with Crippen molar-refractivity contribution >= 4 is 11.6 Å². The lowest BCUT2D eigenvalue weighted by Gasteiger charge is -2.30. The van der Waals surface area contributed by atoms with Gasteiger partial charge in [-0.05, 0) is 31.0 Å². The lowest BCUT2D eigenvalue weighted by atomic mass is 9.82. The summed E-state index contributed by atoms with van der Waals surface area (Å²) >= 11 is 0. The highest BCUT2D eigenvalue weighted by atomic mass is 79.9. The Morgan fingerprint density at radius 2 is 1.32 bits per heavy atom. The summed E-state index contributed by atoms with van der Waals surface area (Å²) in [5.41, 5.74) is 1.53. The van der Waals surface area contributed by atoms with Gasteiger partial charge in [0.2, 0.25) is 5.78 Å². The standard InChI is InChI=1S/C31H43NO5.BrH/c1-6-7-8-9-10-11-12-13-14-15-16-32(2,3)21-22-17-24-28(26(33)18-22)31(35)29-25(30(24)34)19-23(36-4)20-27(29)37-5;/h17-20H,6-16,21H2,1-5H3;1H. The van der Waals surface area contributed by atoms with Crippen LogP contribution in [0.4, 0.5) is 0 Å². The van der Waals surface area contributed by atoms with Crippen molar-refractivity contribution in [3.05, 3.63) is 52.1 Å². The van der Waals surface area contributed by atoms with Gasteiger partial charge in [-0.1, -0.05) is 58.3 Å². The monoisotopic (exact) mass is 589 g/mol. The van der Waals surface area contributed by atoms with Crippen LogP contribution in [0.15, 0.2) is 24.3 Å². The number of nitrogens with zero attached hydrogens (tertiary/aromatic N) is 1. The maximum Gasteiger partial charge on any atom is 0.201 e. The van der Waals surface area contributed by atoms with Gasteiger partial charge in [-0.2, -0.15) is 0 Å². The van der Waals surface area contributed by atoms with Crippen LogP contribution in [0, 0.1) is 0 Å². The maximum atomic E-state index is 13.5. The van der Waals surface area contributed by atoms with Crippen LogP contribution in [0.1, 0.15) is 109 Å². The number of methoxy groups -OCH3 is 2. The van der Waals surface area contributed by atoms with E-state index in [9.17, 15) is 14.7 Å².